The maximum Gasteiger partial charge on any atom is 0.248 e. The summed E-state index contributed by atoms with van der Waals surface area (Å²) < 4.78 is 0. The van der Waals surface area contributed by atoms with Crippen LogP contribution in [0, 0.1) is 0 Å². The van der Waals surface area contributed by atoms with Crippen LogP contribution < -0.4 is 10.6 Å². The van der Waals surface area contributed by atoms with Gasteiger partial charge < -0.3 is 10.6 Å². The molecule has 0 bridgehead atoms. The minimum atomic E-state index is -0.360. The monoisotopic (exact) mass is 282 g/mol. The fraction of sp³-hybridized carbons (Fsp3) is 0.462. The lowest BCUT2D eigenvalue weighted by molar-refractivity contribution is 0.100. The quantitative estimate of drug-likeness (QED) is 0.906. The Kier molecular flexibility index (Phi) is 5.26. The summed E-state index contributed by atoms with van der Waals surface area (Å²) in [6.45, 7) is 0. The molecule has 1 aromatic rings. The van der Waals surface area contributed by atoms with Gasteiger partial charge in [-0.2, -0.15) is 0 Å². The normalized spacial score (nSPS) is 17.7. The number of carbonyl (C=O) groups is 1. The molecule has 2 N–H and O–H groups in total. The van der Waals surface area contributed by atoms with Gasteiger partial charge in [-0.25, -0.2) is 0 Å². The van der Waals surface area contributed by atoms with E-state index in [1.54, 1.807) is 6.07 Å². The first kappa shape index (κ1) is 13.6. The van der Waals surface area contributed by atoms with Crippen molar-refractivity contribution >= 4 is 35.1 Å². The van der Waals surface area contributed by atoms with Gasteiger partial charge in [0.25, 0.3) is 0 Å². The lowest BCUT2D eigenvalue weighted by Gasteiger charge is -2.23. The molecule has 1 amide bonds. The van der Waals surface area contributed by atoms with Crippen molar-refractivity contribution in [3.63, 3.8) is 0 Å². The molecule has 3 nitrogen and oxygen atoms in total. The van der Waals surface area contributed by atoms with Crippen LogP contribution in [-0.2, 0) is 0 Å². The minimum Gasteiger partial charge on any atom is -0.366 e. The number of benzene rings is 1. The number of primary amides is 1. The Morgan fingerprint density at radius 2 is 1.83 bits per heavy atom. The standard InChI is InChI=1S/C13H18N2OS2/c14-13(16)11-4-3-5-12(8-11)15-9-17-6-1-2-7-18-10-15/h3-5,8H,1-2,6-7,9-10H2,(H2,14,16). The highest BCUT2D eigenvalue weighted by Gasteiger charge is 2.10. The predicted molar refractivity (Wildman–Crippen MR) is 81.3 cm³/mol. The number of thioether (sulfide) groups is 2. The van der Waals surface area contributed by atoms with Crippen LogP contribution in [0.2, 0.25) is 0 Å². The number of carbonyl (C=O) groups excluding carboxylic acids is 1. The smallest absolute Gasteiger partial charge is 0.248 e. The van der Waals surface area contributed by atoms with Crippen molar-refractivity contribution in [3.8, 4) is 0 Å². The molecule has 0 atom stereocenters. The molecule has 0 aliphatic carbocycles. The van der Waals surface area contributed by atoms with E-state index in [-0.39, 0.29) is 5.91 Å². The Labute approximate surface area is 116 Å². The highest BCUT2D eigenvalue weighted by atomic mass is 32.2. The molecule has 1 aromatic carbocycles. The molecule has 0 spiro atoms. The van der Waals surface area contributed by atoms with Crippen molar-refractivity contribution in [2.45, 2.75) is 12.8 Å². The van der Waals surface area contributed by atoms with Crippen LogP contribution in [0.5, 0.6) is 0 Å². The Balaban J connectivity index is 2.11. The topological polar surface area (TPSA) is 46.3 Å². The summed E-state index contributed by atoms with van der Waals surface area (Å²) in [5.74, 6) is 4.03. The van der Waals surface area contributed by atoms with E-state index in [4.69, 9.17) is 5.73 Å². The van der Waals surface area contributed by atoms with Gasteiger partial charge in [0.15, 0.2) is 0 Å². The summed E-state index contributed by atoms with van der Waals surface area (Å²) in [6.07, 6.45) is 2.60. The van der Waals surface area contributed by atoms with Crippen molar-refractivity contribution < 1.29 is 4.79 Å². The van der Waals surface area contributed by atoms with Gasteiger partial charge in [-0.1, -0.05) is 6.07 Å². The van der Waals surface area contributed by atoms with Crippen LogP contribution in [0.15, 0.2) is 24.3 Å². The molecule has 1 aliphatic heterocycles. The molecule has 1 saturated heterocycles. The van der Waals surface area contributed by atoms with Crippen LogP contribution in [0.3, 0.4) is 0 Å². The Bertz CT molecular complexity index is 402. The number of amides is 1. The molecule has 1 heterocycles. The van der Waals surface area contributed by atoms with E-state index in [0.29, 0.717) is 5.56 Å². The van der Waals surface area contributed by atoms with Crippen molar-refractivity contribution in [2.24, 2.45) is 5.73 Å². The van der Waals surface area contributed by atoms with Crippen molar-refractivity contribution in [1.82, 2.24) is 0 Å². The van der Waals surface area contributed by atoms with Crippen molar-refractivity contribution in [3.05, 3.63) is 29.8 Å². The largest absolute Gasteiger partial charge is 0.366 e. The zero-order chi connectivity index (χ0) is 12.8. The number of nitrogens with zero attached hydrogens (tertiary/aromatic N) is 1. The van der Waals surface area contributed by atoms with E-state index in [2.05, 4.69) is 4.90 Å². The first-order chi connectivity index (χ1) is 8.77. The van der Waals surface area contributed by atoms with Crippen LogP contribution in [0.4, 0.5) is 5.69 Å². The second-order valence-corrected chi connectivity index (χ2v) is 6.39. The van der Waals surface area contributed by atoms with E-state index < -0.39 is 0 Å². The van der Waals surface area contributed by atoms with E-state index >= 15 is 0 Å². The molecule has 18 heavy (non-hydrogen) atoms. The van der Waals surface area contributed by atoms with Gasteiger partial charge in [-0.15, -0.1) is 23.5 Å². The minimum absolute atomic E-state index is 0.360. The molecule has 0 saturated carbocycles. The summed E-state index contributed by atoms with van der Waals surface area (Å²) in [6, 6.07) is 7.60. The Hall–Kier alpha value is -0.810. The predicted octanol–water partition coefficient (Wildman–Crippen LogP) is 2.77. The van der Waals surface area contributed by atoms with Gasteiger partial charge in [-0.05, 0) is 42.5 Å². The summed E-state index contributed by atoms with van der Waals surface area (Å²) in [5, 5.41) is 0. The Morgan fingerprint density at radius 1 is 1.17 bits per heavy atom. The molecule has 1 fully saturated rings. The first-order valence-corrected chi connectivity index (χ1v) is 8.38. The molecule has 0 aromatic heterocycles. The SMILES string of the molecule is NC(=O)c1cccc(N2CSCCCCSC2)c1. The van der Waals surface area contributed by atoms with Gasteiger partial charge in [0.05, 0.1) is 11.8 Å². The summed E-state index contributed by atoms with van der Waals surface area (Å²) in [7, 11) is 0. The number of hydrogen-bond acceptors (Lipinski definition) is 4. The first-order valence-electron chi connectivity index (χ1n) is 6.07. The van der Waals surface area contributed by atoms with E-state index in [9.17, 15) is 4.79 Å². The fourth-order valence-electron chi connectivity index (χ4n) is 1.80. The van der Waals surface area contributed by atoms with Crippen LogP contribution >= 0.6 is 23.5 Å². The highest BCUT2D eigenvalue weighted by Crippen LogP contribution is 2.24. The van der Waals surface area contributed by atoms with Crippen LogP contribution in [0.25, 0.3) is 0 Å². The third kappa shape index (κ3) is 3.85. The number of rotatable bonds is 2. The van der Waals surface area contributed by atoms with Crippen molar-refractivity contribution in [1.29, 1.82) is 0 Å². The zero-order valence-corrected chi connectivity index (χ0v) is 11.9. The fourth-order valence-corrected chi connectivity index (χ4v) is 3.91. The Morgan fingerprint density at radius 3 is 2.44 bits per heavy atom. The highest BCUT2D eigenvalue weighted by molar-refractivity contribution is 8.00. The summed E-state index contributed by atoms with van der Waals surface area (Å²) in [4.78, 5) is 13.5. The third-order valence-electron chi connectivity index (χ3n) is 2.82. The van der Waals surface area contributed by atoms with Gasteiger partial charge in [0.2, 0.25) is 5.91 Å². The van der Waals surface area contributed by atoms with Gasteiger partial charge >= 0.3 is 0 Å². The molecule has 1 aliphatic rings. The van der Waals surface area contributed by atoms with Gasteiger partial charge in [0.1, 0.15) is 0 Å². The summed E-state index contributed by atoms with van der Waals surface area (Å²) in [5.41, 5.74) is 7.00. The van der Waals surface area contributed by atoms with Crippen LogP contribution in [-0.4, -0.2) is 29.2 Å². The molecular weight excluding hydrogens is 264 g/mol. The van der Waals surface area contributed by atoms with Gasteiger partial charge in [-0.3, -0.25) is 4.79 Å². The number of hydrogen-bond donors (Lipinski definition) is 1. The second-order valence-electron chi connectivity index (χ2n) is 4.24. The van der Waals surface area contributed by atoms with Crippen molar-refractivity contribution in [2.75, 3.05) is 28.2 Å². The second kappa shape index (κ2) is 6.95. The number of anilines is 1. The van der Waals surface area contributed by atoms with Gasteiger partial charge in [0, 0.05) is 11.3 Å². The molecule has 5 heteroatoms. The van der Waals surface area contributed by atoms with E-state index in [1.807, 2.05) is 41.7 Å². The maximum absolute atomic E-state index is 11.2. The van der Waals surface area contributed by atoms with Crippen LogP contribution in [0.1, 0.15) is 23.2 Å². The molecule has 2 rings (SSSR count). The zero-order valence-electron chi connectivity index (χ0n) is 10.3. The molecular formula is C13H18N2OS2. The molecule has 0 unspecified atom stereocenters. The average molecular weight is 282 g/mol. The van der Waals surface area contributed by atoms with E-state index in [0.717, 1.165) is 17.4 Å². The summed E-state index contributed by atoms with van der Waals surface area (Å²) >= 11 is 3.91. The lowest BCUT2D eigenvalue weighted by Crippen LogP contribution is -2.22. The molecule has 0 radical (unpaired) electrons. The molecule has 98 valence electrons. The van der Waals surface area contributed by atoms with E-state index in [1.165, 1.54) is 24.3 Å². The third-order valence-corrected chi connectivity index (χ3v) is 4.96. The number of nitrogens with two attached hydrogens (primary N) is 1. The lowest BCUT2D eigenvalue weighted by atomic mass is 10.2. The maximum atomic E-state index is 11.2. The average Bonchev–Trinajstić information content (AvgIpc) is 2.52.